The number of hydrogen-bond donors (Lipinski definition) is 3. The topological polar surface area (TPSA) is 137 Å². The van der Waals surface area contributed by atoms with Gasteiger partial charge in [0.05, 0.1) is 28.8 Å². The van der Waals surface area contributed by atoms with E-state index in [0.29, 0.717) is 38.6 Å². The van der Waals surface area contributed by atoms with Gasteiger partial charge in [-0.15, -0.1) is 11.3 Å². The molecule has 9 heteroatoms. The van der Waals surface area contributed by atoms with Crippen LogP contribution in [0.25, 0.3) is 10.2 Å². The van der Waals surface area contributed by atoms with E-state index in [1.165, 1.54) is 18.4 Å². The highest BCUT2D eigenvalue weighted by Crippen LogP contribution is 2.48. The number of thiophene rings is 1. The smallest absolute Gasteiger partial charge is 0.256 e. The van der Waals surface area contributed by atoms with E-state index < -0.39 is 11.5 Å². The van der Waals surface area contributed by atoms with Crippen LogP contribution in [0.15, 0.2) is 40.5 Å². The lowest BCUT2D eigenvalue weighted by Gasteiger charge is -2.26. The van der Waals surface area contributed by atoms with Crippen LogP contribution in [-0.2, 0) is 0 Å². The minimum Gasteiger partial charge on any atom is -0.496 e. The number of nitrogens with two attached hydrogens (primary N) is 1. The summed E-state index contributed by atoms with van der Waals surface area (Å²) >= 11 is 1.29. The SMILES string of the molecule is CCNc1sc2c3c(c(=O)[nH]c2c1C#N)C(c1ccccc1OC)C(C#N)=C(N)O3. The number of hydrogen-bond acceptors (Lipinski definition) is 8. The fourth-order valence-corrected chi connectivity index (χ4v) is 4.83. The van der Waals surface area contributed by atoms with E-state index in [4.69, 9.17) is 15.2 Å². The monoisotopic (exact) mass is 419 g/mol. The minimum absolute atomic E-state index is 0.0790. The molecule has 150 valence electrons. The first-order valence-electron chi connectivity index (χ1n) is 9.12. The molecular weight excluding hydrogens is 402 g/mol. The van der Waals surface area contributed by atoms with Gasteiger partial charge < -0.3 is 25.5 Å². The Hall–Kier alpha value is -3.95. The molecule has 1 aliphatic rings. The van der Waals surface area contributed by atoms with Crippen molar-refractivity contribution >= 4 is 26.6 Å². The van der Waals surface area contributed by atoms with E-state index in [2.05, 4.69) is 22.4 Å². The first-order valence-corrected chi connectivity index (χ1v) is 9.94. The van der Waals surface area contributed by atoms with Crippen molar-refractivity contribution in [2.75, 3.05) is 19.0 Å². The van der Waals surface area contributed by atoms with Crippen LogP contribution in [0.4, 0.5) is 5.00 Å². The maximum absolute atomic E-state index is 13.2. The number of pyridine rings is 1. The van der Waals surface area contributed by atoms with Crippen molar-refractivity contribution in [3.63, 3.8) is 0 Å². The second kappa shape index (κ2) is 7.47. The number of para-hydroxylation sites is 1. The number of aromatic nitrogens is 1. The van der Waals surface area contributed by atoms with Crippen molar-refractivity contribution in [2.24, 2.45) is 5.73 Å². The summed E-state index contributed by atoms with van der Waals surface area (Å²) in [5.41, 5.74) is 7.38. The van der Waals surface area contributed by atoms with Crippen LogP contribution in [0, 0.1) is 22.7 Å². The summed E-state index contributed by atoms with van der Waals surface area (Å²) in [5.74, 6) is -0.0672. The molecule has 0 amide bonds. The molecule has 1 aromatic carbocycles. The Labute approximate surface area is 175 Å². The molecule has 2 aromatic heterocycles. The molecule has 0 aliphatic carbocycles. The van der Waals surface area contributed by atoms with Crippen molar-refractivity contribution in [3.05, 3.63) is 62.8 Å². The molecule has 0 saturated carbocycles. The molecule has 0 fully saturated rings. The second-order valence-electron chi connectivity index (χ2n) is 6.52. The molecule has 1 unspecified atom stereocenters. The lowest BCUT2D eigenvalue weighted by atomic mass is 9.83. The van der Waals surface area contributed by atoms with Gasteiger partial charge in [-0.25, -0.2) is 0 Å². The number of methoxy groups -OCH3 is 1. The highest BCUT2D eigenvalue weighted by molar-refractivity contribution is 7.23. The number of nitrogens with one attached hydrogen (secondary N) is 2. The summed E-state index contributed by atoms with van der Waals surface area (Å²) < 4.78 is 11.8. The third-order valence-electron chi connectivity index (χ3n) is 4.92. The number of allylic oxidation sites excluding steroid dienone is 1. The van der Waals surface area contributed by atoms with Gasteiger partial charge >= 0.3 is 0 Å². The molecule has 3 heterocycles. The lowest BCUT2D eigenvalue weighted by molar-refractivity contribution is 0.389. The van der Waals surface area contributed by atoms with Gasteiger partial charge in [0.2, 0.25) is 5.88 Å². The van der Waals surface area contributed by atoms with Crippen molar-refractivity contribution in [1.29, 1.82) is 10.5 Å². The molecule has 4 N–H and O–H groups in total. The third kappa shape index (κ3) is 2.76. The maximum atomic E-state index is 13.2. The molecule has 3 aromatic rings. The number of ether oxygens (including phenoxy) is 2. The van der Waals surface area contributed by atoms with Gasteiger partial charge in [-0.1, -0.05) is 18.2 Å². The Morgan fingerprint density at radius 3 is 2.77 bits per heavy atom. The molecule has 1 atom stereocenters. The van der Waals surface area contributed by atoms with Crippen LogP contribution in [0.3, 0.4) is 0 Å². The number of H-pyrrole nitrogens is 1. The van der Waals surface area contributed by atoms with Crippen LogP contribution >= 0.6 is 11.3 Å². The number of benzene rings is 1. The third-order valence-corrected chi connectivity index (χ3v) is 6.06. The number of aromatic amines is 1. The zero-order valence-corrected chi connectivity index (χ0v) is 17.0. The number of anilines is 1. The summed E-state index contributed by atoms with van der Waals surface area (Å²) in [7, 11) is 1.52. The predicted octanol–water partition coefficient (Wildman–Crippen LogP) is 3.12. The van der Waals surface area contributed by atoms with Crippen LogP contribution in [0.5, 0.6) is 11.5 Å². The predicted molar refractivity (Wildman–Crippen MR) is 114 cm³/mol. The largest absolute Gasteiger partial charge is 0.496 e. The summed E-state index contributed by atoms with van der Waals surface area (Å²) in [4.78, 5) is 16.0. The van der Waals surface area contributed by atoms with Crippen LogP contribution in [-0.4, -0.2) is 18.6 Å². The van der Waals surface area contributed by atoms with Crippen molar-refractivity contribution in [2.45, 2.75) is 12.8 Å². The number of fused-ring (bicyclic) bond motifs is 3. The fourth-order valence-electron chi connectivity index (χ4n) is 3.66. The van der Waals surface area contributed by atoms with Gasteiger partial charge in [-0.3, -0.25) is 4.79 Å². The molecule has 30 heavy (non-hydrogen) atoms. The first kappa shape index (κ1) is 19.4. The Morgan fingerprint density at radius 2 is 2.10 bits per heavy atom. The van der Waals surface area contributed by atoms with Gasteiger partial charge in [-0.05, 0) is 13.0 Å². The normalized spacial score (nSPS) is 15.1. The molecule has 1 aliphatic heterocycles. The summed E-state index contributed by atoms with van der Waals surface area (Å²) in [6.45, 7) is 2.52. The quantitative estimate of drug-likeness (QED) is 0.591. The van der Waals surface area contributed by atoms with Gasteiger partial charge in [-0.2, -0.15) is 10.5 Å². The first-order chi connectivity index (χ1) is 14.5. The highest BCUT2D eigenvalue weighted by atomic mass is 32.1. The van der Waals surface area contributed by atoms with E-state index in [0.717, 1.165) is 0 Å². The number of nitrogens with zero attached hydrogens (tertiary/aromatic N) is 2. The van der Waals surface area contributed by atoms with Gasteiger partial charge in [0.15, 0.2) is 5.75 Å². The highest BCUT2D eigenvalue weighted by Gasteiger charge is 2.37. The van der Waals surface area contributed by atoms with Crippen LogP contribution < -0.4 is 26.1 Å². The average molecular weight is 419 g/mol. The second-order valence-corrected chi connectivity index (χ2v) is 7.54. The zero-order valence-electron chi connectivity index (χ0n) is 16.2. The molecule has 0 spiro atoms. The summed E-state index contributed by atoms with van der Waals surface area (Å²) in [6.07, 6.45) is 0. The molecule has 0 radical (unpaired) electrons. The van der Waals surface area contributed by atoms with Crippen molar-refractivity contribution in [3.8, 4) is 23.6 Å². The van der Waals surface area contributed by atoms with Crippen molar-refractivity contribution in [1.82, 2.24) is 4.98 Å². The number of nitriles is 2. The van der Waals surface area contributed by atoms with Crippen LogP contribution in [0.2, 0.25) is 0 Å². The average Bonchev–Trinajstić information content (AvgIpc) is 3.10. The van der Waals surface area contributed by atoms with Gasteiger partial charge in [0, 0.05) is 12.1 Å². The molecular formula is C21H17N5O3S. The molecule has 0 saturated heterocycles. The van der Waals surface area contributed by atoms with E-state index in [1.54, 1.807) is 24.3 Å². The maximum Gasteiger partial charge on any atom is 0.256 e. The minimum atomic E-state index is -0.765. The summed E-state index contributed by atoms with van der Waals surface area (Å²) in [6, 6.07) is 11.4. The van der Waals surface area contributed by atoms with E-state index in [9.17, 15) is 15.3 Å². The Morgan fingerprint density at radius 1 is 1.33 bits per heavy atom. The zero-order chi connectivity index (χ0) is 21.4. The van der Waals surface area contributed by atoms with E-state index >= 15 is 0 Å². The Balaban J connectivity index is 2.09. The Bertz CT molecular complexity index is 1340. The molecule has 4 rings (SSSR count). The fraction of sp³-hybridized carbons (Fsp3) is 0.190. The Kier molecular flexibility index (Phi) is 4.82. The van der Waals surface area contributed by atoms with E-state index in [1.807, 2.05) is 6.92 Å². The standard InChI is InChI=1S/C21H17N5O3S/c1-3-25-21-12(9-23)16-18(30-21)17-15(20(27)26-16)14(11(8-22)19(24)29-17)10-6-4-5-7-13(10)28-2/h4-7,14,25H,3,24H2,1-2H3,(H,26,27). The van der Waals surface area contributed by atoms with E-state index in [-0.39, 0.29) is 22.8 Å². The molecule has 0 bridgehead atoms. The molecule has 8 nitrogen and oxygen atoms in total. The lowest BCUT2D eigenvalue weighted by Crippen LogP contribution is -2.27. The van der Waals surface area contributed by atoms with Gasteiger partial charge in [0.25, 0.3) is 5.56 Å². The summed E-state index contributed by atoms with van der Waals surface area (Å²) in [5, 5.41) is 23.2. The number of rotatable bonds is 4. The van der Waals surface area contributed by atoms with Crippen molar-refractivity contribution < 1.29 is 9.47 Å². The van der Waals surface area contributed by atoms with Gasteiger partial charge in [0.1, 0.15) is 34.0 Å². The van der Waals surface area contributed by atoms with Crippen LogP contribution in [0.1, 0.15) is 29.5 Å².